The van der Waals surface area contributed by atoms with Crippen molar-refractivity contribution < 1.29 is 4.79 Å². The highest BCUT2D eigenvalue weighted by Gasteiger charge is 2.30. The molecule has 116 valence electrons. The maximum atomic E-state index is 12.8. The second-order valence-corrected chi connectivity index (χ2v) is 6.46. The molecule has 5 nitrogen and oxygen atoms in total. The summed E-state index contributed by atoms with van der Waals surface area (Å²) in [6.07, 6.45) is 3.13. The molecule has 1 fully saturated rings. The average Bonchev–Trinajstić information content (AvgIpc) is 3.20. The normalized spacial score (nSPS) is 16.6. The molecule has 1 aliphatic rings. The van der Waals surface area contributed by atoms with Gasteiger partial charge in [-0.05, 0) is 37.9 Å². The van der Waals surface area contributed by atoms with Gasteiger partial charge in [-0.25, -0.2) is 0 Å². The number of rotatable bonds is 5. The van der Waals surface area contributed by atoms with Gasteiger partial charge >= 0.3 is 0 Å². The summed E-state index contributed by atoms with van der Waals surface area (Å²) in [4.78, 5) is 15.0. The predicted molar refractivity (Wildman–Crippen MR) is 87.9 cm³/mol. The van der Waals surface area contributed by atoms with Gasteiger partial charge in [0.05, 0.1) is 0 Å². The highest BCUT2D eigenvalue weighted by molar-refractivity contribution is 7.15. The molecule has 1 aromatic heterocycles. The standard InChI is InChI=1S/C16H20N4OS/c1-2-13-18-19-16(22-13)17-15(21)14(20-10-6-7-11-20)12-8-4-3-5-9-12/h3-5,8-9,14H,2,6-7,10-11H2,1H3,(H,17,19,21)/t14-/m0/s1. The molecule has 1 N–H and O–H groups in total. The Balaban J connectivity index is 1.80. The van der Waals surface area contributed by atoms with Crippen molar-refractivity contribution in [2.75, 3.05) is 18.4 Å². The minimum Gasteiger partial charge on any atom is -0.299 e. The molecule has 1 aliphatic heterocycles. The molecule has 0 saturated carbocycles. The number of aromatic nitrogens is 2. The summed E-state index contributed by atoms with van der Waals surface area (Å²) < 4.78 is 0. The molecular formula is C16H20N4OS. The number of anilines is 1. The molecule has 0 unspecified atom stereocenters. The van der Waals surface area contributed by atoms with Crippen LogP contribution < -0.4 is 5.32 Å². The van der Waals surface area contributed by atoms with Crippen LogP contribution in [0.4, 0.5) is 5.13 Å². The van der Waals surface area contributed by atoms with Crippen LogP contribution in [0.1, 0.15) is 36.4 Å². The van der Waals surface area contributed by atoms with Gasteiger partial charge in [-0.2, -0.15) is 0 Å². The van der Waals surface area contributed by atoms with E-state index in [1.54, 1.807) is 0 Å². The van der Waals surface area contributed by atoms with E-state index in [0.29, 0.717) is 5.13 Å². The molecule has 0 bridgehead atoms. The lowest BCUT2D eigenvalue weighted by molar-refractivity contribution is -0.121. The maximum Gasteiger partial charge on any atom is 0.248 e. The Morgan fingerprint density at radius 3 is 2.64 bits per heavy atom. The second kappa shape index (κ2) is 6.98. The number of benzene rings is 1. The van der Waals surface area contributed by atoms with E-state index in [-0.39, 0.29) is 11.9 Å². The van der Waals surface area contributed by atoms with Crippen molar-refractivity contribution in [1.29, 1.82) is 0 Å². The first-order valence-corrected chi connectivity index (χ1v) is 8.52. The van der Waals surface area contributed by atoms with Crippen LogP contribution in [-0.4, -0.2) is 34.1 Å². The third-order valence-corrected chi connectivity index (χ3v) is 4.85. The Bertz CT molecular complexity index is 622. The van der Waals surface area contributed by atoms with Gasteiger partial charge < -0.3 is 0 Å². The van der Waals surface area contributed by atoms with Gasteiger partial charge in [0.1, 0.15) is 11.0 Å². The molecule has 0 spiro atoms. The predicted octanol–water partition coefficient (Wildman–Crippen LogP) is 2.88. The molecule has 1 aromatic carbocycles. The topological polar surface area (TPSA) is 58.1 Å². The minimum atomic E-state index is -0.252. The Morgan fingerprint density at radius 1 is 1.27 bits per heavy atom. The van der Waals surface area contributed by atoms with E-state index in [1.807, 2.05) is 37.3 Å². The van der Waals surface area contributed by atoms with Gasteiger partial charge in [0.2, 0.25) is 11.0 Å². The zero-order valence-electron chi connectivity index (χ0n) is 12.7. The van der Waals surface area contributed by atoms with Gasteiger partial charge in [0.25, 0.3) is 0 Å². The van der Waals surface area contributed by atoms with E-state index in [4.69, 9.17) is 0 Å². The number of likely N-dealkylation sites (tertiary alicyclic amines) is 1. The van der Waals surface area contributed by atoms with Crippen molar-refractivity contribution in [3.8, 4) is 0 Å². The van der Waals surface area contributed by atoms with Crippen LogP contribution >= 0.6 is 11.3 Å². The monoisotopic (exact) mass is 316 g/mol. The van der Waals surface area contributed by atoms with E-state index in [9.17, 15) is 4.79 Å². The van der Waals surface area contributed by atoms with Gasteiger partial charge in [-0.15, -0.1) is 10.2 Å². The first kappa shape index (κ1) is 15.1. The van der Waals surface area contributed by atoms with Gasteiger partial charge in [-0.1, -0.05) is 48.6 Å². The third-order valence-electron chi connectivity index (χ3n) is 3.87. The number of hydrogen-bond donors (Lipinski definition) is 1. The summed E-state index contributed by atoms with van der Waals surface area (Å²) in [5.41, 5.74) is 1.03. The smallest absolute Gasteiger partial charge is 0.248 e. The zero-order valence-corrected chi connectivity index (χ0v) is 13.5. The average molecular weight is 316 g/mol. The molecule has 1 saturated heterocycles. The maximum absolute atomic E-state index is 12.8. The Labute approximate surface area is 134 Å². The summed E-state index contributed by atoms with van der Waals surface area (Å²) in [6.45, 7) is 3.95. The van der Waals surface area contributed by atoms with Crippen LogP contribution in [0.2, 0.25) is 0 Å². The fourth-order valence-electron chi connectivity index (χ4n) is 2.78. The molecule has 2 aromatic rings. The van der Waals surface area contributed by atoms with Crippen molar-refractivity contribution in [2.45, 2.75) is 32.2 Å². The lowest BCUT2D eigenvalue weighted by atomic mass is 10.1. The van der Waals surface area contributed by atoms with Crippen LogP contribution in [0.5, 0.6) is 0 Å². The molecule has 0 aliphatic carbocycles. The summed E-state index contributed by atoms with van der Waals surface area (Å²) >= 11 is 1.44. The second-order valence-electron chi connectivity index (χ2n) is 5.40. The van der Waals surface area contributed by atoms with E-state index in [1.165, 1.54) is 11.3 Å². The number of amides is 1. The first-order chi connectivity index (χ1) is 10.8. The van der Waals surface area contributed by atoms with E-state index in [0.717, 1.165) is 42.9 Å². The van der Waals surface area contributed by atoms with Gasteiger partial charge in [-0.3, -0.25) is 15.0 Å². The number of nitrogens with one attached hydrogen (secondary N) is 1. The molecule has 3 rings (SSSR count). The van der Waals surface area contributed by atoms with E-state index in [2.05, 4.69) is 20.4 Å². The largest absolute Gasteiger partial charge is 0.299 e. The number of nitrogens with zero attached hydrogens (tertiary/aromatic N) is 3. The number of carbonyl (C=O) groups excluding carboxylic acids is 1. The van der Waals surface area contributed by atoms with Crippen molar-refractivity contribution in [3.63, 3.8) is 0 Å². The quantitative estimate of drug-likeness (QED) is 0.921. The Hall–Kier alpha value is -1.79. The van der Waals surface area contributed by atoms with Crippen LogP contribution in [-0.2, 0) is 11.2 Å². The highest BCUT2D eigenvalue weighted by atomic mass is 32.1. The van der Waals surface area contributed by atoms with Crippen molar-refractivity contribution in [1.82, 2.24) is 15.1 Å². The zero-order chi connectivity index (χ0) is 15.4. The summed E-state index contributed by atoms with van der Waals surface area (Å²) in [5.74, 6) is -0.0214. The third kappa shape index (κ3) is 3.34. The molecule has 6 heteroatoms. The van der Waals surface area contributed by atoms with Crippen LogP contribution in [0.3, 0.4) is 0 Å². The molecule has 22 heavy (non-hydrogen) atoms. The molecule has 1 amide bonds. The van der Waals surface area contributed by atoms with Gasteiger partial charge in [0.15, 0.2) is 0 Å². The van der Waals surface area contributed by atoms with E-state index < -0.39 is 0 Å². The molecule has 0 radical (unpaired) electrons. The lowest BCUT2D eigenvalue weighted by Gasteiger charge is -2.26. The lowest BCUT2D eigenvalue weighted by Crippen LogP contribution is -2.35. The number of hydrogen-bond acceptors (Lipinski definition) is 5. The number of carbonyl (C=O) groups is 1. The Kier molecular flexibility index (Phi) is 4.80. The first-order valence-electron chi connectivity index (χ1n) is 7.70. The van der Waals surface area contributed by atoms with Gasteiger partial charge in [0, 0.05) is 0 Å². The van der Waals surface area contributed by atoms with Crippen molar-refractivity contribution in [3.05, 3.63) is 40.9 Å². The van der Waals surface area contributed by atoms with Crippen molar-refractivity contribution >= 4 is 22.4 Å². The Morgan fingerprint density at radius 2 is 2.00 bits per heavy atom. The van der Waals surface area contributed by atoms with Crippen LogP contribution in [0.15, 0.2) is 30.3 Å². The fourth-order valence-corrected chi connectivity index (χ4v) is 3.47. The number of aryl methyl sites for hydroxylation is 1. The minimum absolute atomic E-state index is 0.0214. The summed E-state index contributed by atoms with van der Waals surface area (Å²) in [7, 11) is 0. The van der Waals surface area contributed by atoms with Crippen molar-refractivity contribution in [2.24, 2.45) is 0 Å². The molecular weight excluding hydrogens is 296 g/mol. The summed E-state index contributed by atoms with van der Waals surface area (Å²) in [5, 5.41) is 12.6. The molecule has 2 heterocycles. The highest BCUT2D eigenvalue weighted by Crippen LogP contribution is 2.27. The van der Waals surface area contributed by atoms with E-state index >= 15 is 0 Å². The summed E-state index contributed by atoms with van der Waals surface area (Å²) in [6, 6.07) is 9.70. The van der Waals surface area contributed by atoms with Crippen LogP contribution in [0, 0.1) is 0 Å². The SMILES string of the molecule is CCc1nnc(NC(=O)[C@H](c2ccccc2)N2CCCC2)s1. The van der Waals surface area contributed by atoms with Crippen LogP contribution in [0.25, 0.3) is 0 Å². The fraction of sp³-hybridized carbons (Fsp3) is 0.438. The molecule has 1 atom stereocenters.